The minimum atomic E-state index is 0.404. The van der Waals surface area contributed by atoms with E-state index in [4.69, 9.17) is 0 Å². The Bertz CT molecular complexity index is 393. The molecule has 1 saturated carbocycles. The van der Waals surface area contributed by atoms with Crippen molar-refractivity contribution in [1.82, 2.24) is 0 Å². The molecule has 1 aliphatic carbocycles. The van der Waals surface area contributed by atoms with Gasteiger partial charge in [-0.3, -0.25) is 4.79 Å². The first kappa shape index (κ1) is 11.6. The molecule has 1 N–H and O–H groups in total. The highest BCUT2D eigenvalue weighted by Gasteiger charge is 2.18. The van der Waals surface area contributed by atoms with E-state index >= 15 is 0 Å². The monoisotopic (exact) mass is 281 g/mol. The van der Waals surface area contributed by atoms with Gasteiger partial charge in [0.15, 0.2) is 0 Å². The van der Waals surface area contributed by atoms with E-state index in [9.17, 15) is 4.79 Å². The van der Waals surface area contributed by atoms with Crippen LogP contribution in [0.4, 0.5) is 5.69 Å². The second-order valence-corrected chi connectivity index (χ2v) is 5.29. The zero-order valence-corrected chi connectivity index (χ0v) is 11.0. The lowest BCUT2D eigenvalue weighted by atomic mass is 9.94. The summed E-state index contributed by atoms with van der Waals surface area (Å²) in [5, 5.41) is 3.50. The van der Waals surface area contributed by atoms with Gasteiger partial charge in [0, 0.05) is 29.0 Å². The Morgan fingerprint density at radius 3 is 2.62 bits per heavy atom. The Kier molecular flexibility index (Phi) is 3.64. The lowest BCUT2D eigenvalue weighted by Gasteiger charge is -2.24. The summed E-state index contributed by atoms with van der Waals surface area (Å²) >= 11 is 3.56. The van der Waals surface area contributed by atoms with Crippen LogP contribution in [0.1, 0.15) is 31.2 Å². The van der Waals surface area contributed by atoms with Gasteiger partial charge in [0.25, 0.3) is 0 Å². The van der Waals surface area contributed by atoms with Gasteiger partial charge < -0.3 is 5.32 Å². The number of halogens is 1. The van der Waals surface area contributed by atoms with E-state index in [0.717, 1.165) is 35.8 Å². The van der Waals surface area contributed by atoms with Crippen LogP contribution in [0.2, 0.25) is 0 Å². The average Bonchev–Trinajstić information content (AvgIpc) is 2.25. The number of rotatable bonds is 2. The maximum absolute atomic E-state index is 11.1. The van der Waals surface area contributed by atoms with Crippen molar-refractivity contribution in [3.05, 3.63) is 28.2 Å². The van der Waals surface area contributed by atoms with Crippen LogP contribution in [-0.2, 0) is 4.79 Å². The molecule has 0 unspecified atom stereocenters. The summed E-state index contributed by atoms with van der Waals surface area (Å²) in [7, 11) is 0. The third-order valence-corrected chi connectivity index (χ3v) is 3.68. The molecule has 2 rings (SSSR count). The molecule has 0 saturated heterocycles. The van der Waals surface area contributed by atoms with Crippen LogP contribution in [0.25, 0.3) is 0 Å². The number of benzene rings is 1. The third-order valence-electron chi connectivity index (χ3n) is 3.03. The largest absolute Gasteiger partial charge is 0.381 e. The molecule has 16 heavy (non-hydrogen) atoms. The summed E-state index contributed by atoms with van der Waals surface area (Å²) in [6.07, 6.45) is 3.36. The molecule has 1 aromatic carbocycles. The van der Waals surface area contributed by atoms with Gasteiger partial charge in [-0.15, -0.1) is 0 Å². The highest BCUT2D eigenvalue weighted by molar-refractivity contribution is 9.10. The maximum Gasteiger partial charge on any atom is 0.133 e. The van der Waals surface area contributed by atoms with Crippen molar-refractivity contribution in [3.63, 3.8) is 0 Å². The highest BCUT2D eigenvalue weighted by Crippen LogP contribution is 2.26. The lowest BCUT2D eigenvalue weighted by molar-refractivity contribution is -0.120. The molecule has 0 spiro atoms. The molecule has 0 amide bonds. The summed E-state index contributed by atoms with van der Waals surface area (Å²) in [5.41, 5.74) is 2.38. The predicted octanol–water partition coefficient (Wildman–Crippen LogP) is 3.68. The standard InChI is InChI=1S/C13H16BrNO/c1-9-2-7-13(12(14)8-9)15-10-3-5-11(16)6-4-10/h2,7-8,10,15H,3-6H2,1H3. The molecule has 1 fully saturated rings. The third kappa shape index (κ3) is 2.85. The number of ketones is 1. The Hall–Kier alpha value is -0.830. The summed E-state index contributed by atoms with van der Waals surface area (Å²) in [4.78, 5) is 11.1. The molecule has 86 valence electrons. The van der Waals surface area contributed by atoms with Gasteiger partial charge in [0.1, 0.15) is 5.78 Å². The van der Waals surface area contributed by atoms with Crippen molar-refractivity contribution >= 4 is 27.4 Å². The number of hydrogen-bond acceptors (Lipinski definition) is 2. The van der Waals surface area contributed by atoms with Crippen LogP contribution >= 0.6 is 15.9 Å². The molecule has 1 aromatic rings. The zero-order valence-electron chi connectivity index (χ0n) is 9.42. The van der Waals surface area contributed by atoms with E-state index in [-0.39, 0.29) is 0 Å². The number of hydrogen-bond donors (Lipinski definition) is 1. The second-order valence-electron chi connectivity index (χ2n) is 4.44. The quantitative estimate of drug-likeness (QED) is 0.896. The first-order valence-electron chi connectivity index (χ1n) is 5.69. The fraction of sp³-hybridized carbons (Fsp3) is 0.462. The number of Topliss-reactive ketones (excluding diaryl/α,β-unsaturated/α-hetero) is 1. The van der Waals surface area contributed by atoms with E-state index in [1.807, 2.05) is 0 Å². The summed E-state index contributed by atoms with van der Waals surface area (Å²) < 4.78 is 1.10. The lowest BCUT2D eigenvalue weighted by Crippen LogP contribution is -2.26. The predicted molar refractivity (Wildman–Crippen MR) is 69.8 cm³/mol. The minimum Gasteiger partial charge on any atom is -0.381 e. The van der Waals surface area contributed by atoms with Crippen LogP contribution in [0, 0.1) is 6.92 Å². The van der Waals surface area contributed by atoms with Crippen LogP contribution in [0.3, 0.4) is 0 Å². The number of carbonyl (C=O) groups is 1. The van der Waals surface area contributed by atoms with Gasteiger partial charge in [0.05, 0.1) is 0 Å². The van der Waals surface area contributed by atoms with Crippen LogP contribution in [0.5, 0.6) is 0 Å². The number of carbonyl (C=O) groups excluding carboxylic acids is 1. The summed E-state index contributed by atoms with van der Waals surface area (Å²) in [5.74, 6) is 0.404. The molecule has 0 atom stereocenters. The van der Waals surface area contributed by atoms with Gasteiger partial charge in [-0.05, 0) is 53.4 Å². The van der Waals surface area contributed by atoms with E-state index in [2.05, 4.69) is 46.4 Å². The SMILES string of the molecule is Cc1ccc(NC2CCC(=O)CC2)c(Br)c1. The van der Waals surface area contributed by atoms with Gasteiger partial charge in [-0.1, -0.05) is 6.07 Å². The topological polar surface area (TPSA) is 29.1 Å². The number of nitrogens with one attached hydrogen (secondary N) is 1. The van der Waals surface area contributed by atoms with E-state index in [1.165, 1.54) is 5.56 Å². The van der Waals surface area contributed by atoms with Gasteiger partial charge in [0.2, 0.25) is 0 Å². The highest BCUT2D eigenvalue weighted by atomic mass is 79.9. The van der Waals surface area contributed by atoms with Crippen molar-refractivity contribution < 1.29 is 4.79 Å². The van der Waals surface area contributed by atoms with Gasteiger partial charge >= 0.3 is 0 Å². The average molecular weight is 282 g/mol. The number of anilines is 1. The van der Waals surface area contributed by atoms with Gasteiger partial charge in [-0.25, -0.2) is 0 Å². The van der Waals surface area contributed by atoms with Crippen LogP contribution in [0.15, 0.2) is 22.7 Å². The Balaban J connectivity index is 2.01. The normalized spacial score (nSPS) is 17.5. The molecular weight excluding hydrogens is 266 g/mol. The summed E-state index contributed by atoms with van der Waals surface area (Å²) in [6, 6.07) is 6.74. The molecule has 0 heterocycles. The van der Waals surface area contributed by atoms with Gasteiger partial charge in [-0.2, -0.15) is 0 Å². The molecule has 0 radical (unpaired) electrons. The van der Waals surface area contributed by atoms with Crippen molar-refractivity contribution in [2.24, 2.45) is 0 Å². The second kappa shape index (κ2) is 5.00. The van der Waals surface area contributed by atoms with E-state index in [1.54, 1.807) is 0 Å². The van der Waals surface area contributed by atoms with Crippen molar-refractivity contribution in [2.75, 3.05) is 5.32 Å². The van der Waals surface area contributed by atoms with E-state index < -0.39 is 0 Å². The molecule has 0 aliphatic heterocycles. The molecule has 0 aromatic heterocycles. The molecular formula is C13H16BrNO. The minimum absolute atomic E-state index is 0.404. The maximum atomic E-state index is 11.1. The first-order chi connectivity index (χ1) is 7.65. The van der Waals surface area contributed by atoms with Crippen molar-refractivity contribution in [3.8, 4) is 0 Å². The molecule has 2 nitrogen and oxygen atoms in total. The molecule has 0 bridgehead atoms. The molecule has 1 aliphatic rings. The summed E-state index contributed by atoms with van der Waals surface area (Å²) in [6.45, 7) is 2.08. The first-order valence-corrected chi connectivity index (χ1v) is 6.49. The fourth-order valence-electron chi connectivity index (χ4n) is 2.04. The van der Waals surface area contributed by atoms with Crippen molar-refractivity contribution in [2.45, 2.75) is 38.6 Å². The van der Waals surface area contributed by atoms with Crippen molar-refractivity contribution in [1.29, 1.82) is 0 Å². The fourth-order valence-corrected chi connectivity index (χ4v) is 2.65. The Labute approximate surface area is 105 Å². The number of aryl methyl sites for hydroxylation is 1. The molecule has 3 heteroatoms. The Morgan fingerprint density at radius 1 is 1.31 bits per heavy atom. The van der Waals surface area contributed by atoms with Crippen LogP contribution < -0.4 is 5.32 Å². The Morgan fingerprint density at radius 2 is 2.00 bits per heavy atom. The van der Waals surface area contributed by atoms with E-state index in [0.29, 0.717) is 11.8 Å². The zero-order chi connectivity index (χ0) is 11.5. The smallest absolute Gasteiger partial charge is 0.133 e. The van der Waals surface area contributed by atoms with Crippen LogP contribution in [-0.4, -0.2) is 11.8 Å².